The van der Waals surface area contributed by atoms with Crippen molar-refractivity contribution in [3.05, 3.63) is 0 Å². The van der Waals surface area contributed by atoms with Crippen molar-refractivity contribution < 1.29 is 38.0 Å². The Morgan fingerprint density at radius 2 is 2.06 bits per heavy atom. The average molecular weight is 364 g/mol. The van der Waals surface area contributed by atoms with Gasteiger partial charge in [0.05, 0.1) is 26.6 Å². The van der Waals surface area contributed by atoms with Crippen LogP contribution < -0.4 is 24.0 Å². The average Bonchev–Trinajstić information content (AvgIpc) is 2.82. The Labute approximate surface area is 126 Å². The van der Waals surface area contributed by atoms with Crippen LogP contribution >= 0.6 is 0 Å². The number of hydrogen-bond donors (Lipinski definition) is 0. The van der Waals surface area contributed by atoms with E-state index in [2.05, 4.69) is 24.0 Å². The predicted octanol–water partition coefficient (Wildman–Crippen LogP) is -1.63. The summed E-state index contributed by atoms with van der Waals surface area (Å²) >= 11 is 0. The molecule has 0 bridgehead atoms. The number of piperidine rings is 1. The molecular formula is C13H21IN2O2. The maximum Gasteiger partial charge on any atom is 0.230 e. The molecule has 2 rings (SSSR count). The van der Waals surface area contributed by atoms with E-state index in [1.807, 2.05) is 0 Å². The SMILES string of the molecule is C[N+]1(CC#CCOC2=NOCC2)CCCCC1.[I-]. The van der Waals surface area contributed by atoms with Crippen molar-refractivity contribution in [3.63, 3.8) is 0 Å². The van der Waals surface area contributed by atoms with Gasteiger partial charge in [-0.05, 0) is 25.2 Å². The lowest BCUT2D eigenvalue weighted by atomic mass is 10.1. The van der Waals surface area contributed by atoms with E-state index < -0.39 is 0 Å². The smallest absolute Gasteiger partial charge is 0.230 e. The second-order valence-electron chi connectivity index (χ2n) is 5.00. The lowest BCUT2D eigenvalue weighted by Gasteiger charge is -2.35. The molecule has 18 heavy (non-hydrogen) atoms. The van der Waals surface area contributed by atoms with Gasteiger partial charge in [-0.25, -0.2) is 0 Å². The summed E-state index contributed by atoms with van der Waals surface area (Å²) in [5, 5.41) is 3.76. The van der Waals surface area contributed by atoms with Gasteiger partial charge in [-0.15, -0.1) is 0 Å². The normalized spacial score (nSPS) is 20.8. The van der Waals surface area contributed by atoms with Crippen molar-refractivity contribution in [2.45, 2.75) is 25.7 Å². The van der Waals surface area contributed by atoms with Gasteiger partial charge in [0.1, 0.15) is 13.2 Å². The summed E-state index contributed by atoms with van der Waals surface area (Å²) < 4.78 is 6.46. The zero-order chi connectivity index (χ0) is 12.0. The van der Waals surface area contributed by atoms with Crippen LogP contribution in [0.15, 0.2) is 5.16 Å². The maximum absolute atomic E-state index is 5.37. The lowest BCUT2D eigenvalue weighted by Crippen LogP contribution is -3.00. The zero-order valence-corrected chi connectivity index (χ0v) is 13.1. The Morgan fingerprint density at radius 3 is 2.72 bits per heavy atom. The molecule has 0 amide bonds. The van der Waals surface area contributed by atoms with E-state index in [-0.39, 0.29) is 24.0 Å². The van der Waals surface area contributed by atoms with E-state index in [1.54, 1.807) is 0 Å². The van der Waals surface area contributed by atoms with Crippen LogP contribution in [0, 0.1) is 11.8 Å². The van der Waals surface area contributed by atoms with Crippen molar-refractivity contribution in [1.29, 1.82) is 0 Å². The highest BCUT2D eigenvalue weighted by Crippen LogP contribution is 2.14. The molecule has 0 spiro atoms. The molecule has 4 nitrogen and oxygen atoms in total. The third-order valence-corrected chi connectivity index (χ3v) is 3.37. The van der Waals surface area contributed by atoms with Gasteiger partial charge in [0, 0.05) is 0 Å². The molecule has 2 heterocycles. The number of halogens is 1. The summed E-state index contributed by atoms with van der Waals surface area (Å²) in [7, 11) is 2.30. The van der Waals surface area contributed by atoms with Crippen molar-refractivity contribution in [2.75, 3.05) is 39.9 Å². The molecule has 0 saturated carbocycles. The van der Waals surface area contributed by atoms with Gasteiger partial charge < -0.3 is 38.0 Å². The van der Waals surface area contributed by atoms with Crippen LogP contribution in [-0.2, 0) is 9.57 Å². The number of oxime groups is 1. The molecule has 0 unspecified atom stereocenters. The first kappa shape index (κ1) is 15.6. The molecule has 5 heteroatoms. The van der Waals surface area contributed by atoms with Gasteiger partial charge in [0.2, 0.25) is 5.90 Å². The monoisotopic (exact) mass is 364 g/mol. The second kappa shape index (κ2) is 7.85. The molecule has 0 N–H and O–H groups in total. The Kier molecular flexibility index (Phi) is 6.79. The molecule has 2 aliphatic heterocycles. The van der Waals surface area contributed by atoms with Gasteiger partial charge in [-0.3, -0.25) is 0 Å². The van der Waals surface area contributed by atoms with Gasteiger partial charge >= 0.3 is 0 Å². The number of rotatable bonds is 2. The van der Waals surface area contributed by atoms with E-state index in [0.717, 1.165) is 17.4 Å². The molecule has 0 atom stereocenters. The third-order valence-electron chi connectivity index (χ3n) is 3.37. The van der Waals surface area contributed by atoms with Crippen LogP contribution in [0.3, 0.4) is 0 Å². The predicted molar refractivity (Wildman–Crippen MR) is 66.4 cm³/mol. The summed E-state index contributed by atoms with van der Waals surface area (Å²) in [4.78, 5) is 4.84. The first-order valence-corrected chi connectivity index (χ1v) is 6.39. The molecule has 0 aromatic rings. The summed E-state index contributed by atoms with van der Waals surface area (Å²) in [6.07, 6.45) is 4.82. The van der Waals surface area contributed by atoms with E-state index in [0.29, 0.717) is 19.1 Å². The van der Waals surface area contributed by atoms with E-state index in [4.69, 9.17) is 9.57 Å². The molecule has 1 fully saturated rings. The second-order valence-corrected chi connectivity index (χ2v) is 5.00. The Balaban J connectivity index is 0.00000162. The highest BCUT2D eigenvalue weighted by molar-refractivity contribution is 5.76. The number of ether oxygens (including phenoxy) is 1. The van der Waals surface area contributed by atoms with Gasteiger partial charge in [-0.2, -0.15) is 0 Å². The Morgan fingerprint density at radius 1 is 1.28 bits per heavy atom. The maximum atomic E-state index is 5.37. The quantitative estimate of drug-likeness (QED) is 0.335. The number of quaternary nitrogens is 1. The van der Waals surface area contributed by atoms with Crippen molar-refractivity contribution >= 4 is 5.90 Å². The molecule has 0 aromatic heterocycles. The van der Waals surface area contributed by atoms with Crippen LogP contribution in [0.1, 0.15) is 25.7 Å². The fourth-order valence-electron chi connectivity index (χ4n) is 2.25. The highest BCUT2D eigenvalue weighted by Gasteiger charge is 2.22. The topological polar surface area (TPSA) is 30.8 Å². The van der Waals surface area contributed by atoms with Crippen molar-refractivity contribution in [3.8, 4) is 11.8 Å². The molecule has 1 saturated heterocycles. The zero-order valence-electron chi connectivity index (χ0n) is 11.0. The first-order valence-electron chi connectivity index (χ1n) is 6.39. The van der Waals surface area contributed by atoms with Gasteiger partial charge in [0.25, 0.3) is 0 Å². The van der Waals surface area contributed by atoms with Gasteiger partial charge in [0.15, 0.2) is 6.61 Å². The van der Waals surface area contributed by atoms with E-state index in [1.165, 1.54) is 32.4 Å². The summed E-state index contributed by atoms with van der Waals surface area (Å²) in [6, 6.07) is 0. The van der Waals surface area contributed by atoms with Crippen molar-refractivity contribution in [1.82, 2.24) is 0 Å². The van der Waals surface area contributed by atoms with Crippen LogP contribution in [0.2, 0.25) is 0 Å². The molecule has 0 aliphatic carbocycles. The largest absolute Gasteiger partial charge is 1.00 e. The minimum atomic E-state index is 0. The number of nitrogens with zero attached hydrogens (tertiary/aromatic N) is 2. The van der Waals surface area contributed by atoms with E-state index in [9.17, 15) is 0 Å². The fraction of sp³-hybridized carbons (Fsp3) is 0.769. The molecule has 0 radical (unpaired) electrons. The first-order chi connectivity index (χ1) is 8.29. The van der Waals surface area contributed by atoms with Crippen LogP contribution in [-0.4, -0.2) is 50.3 Å². The molecule has 2 aliphatic rings. The highest BCUT2D eigenvalue weighted by atomic mass is 127. The molecular weight excluding hydrogens is 343 g/mol. The Bertz CT molecular complexity index is 341. The van der Waals surface area contributed by atoms with Crippen LogP contribution in [0.5, 0.6) is 0 Å². The molecule has 0 aromatic carbocycles. The Hall–Kier alpha value is -0.480. The van der Waals surface area contributed by atoms with Crippen molar-refractivity contribution in [2.24, 2.45) is 5.16 Å². The number of likely N-dealkylation sites (tertiary alicyclic amines) is 1. The lowest BCUT2D eigenvalue weighted by molar-refractivity contribution is -0.907. The fourth-order valence-corrected chi connectivity index (χ4v) is 2.25. The minimum Gasteiger partial charge on any atom is -1.00 e. The molecule has 102 valence electrons. The third kappa shape index (κ3) is 5.02. The van der Waals surface area contributed by atoms with Crippen LogP contribution in [0.25, 0.3) is 0 Å². The number of hydrogen-bond acceptors (Lipinski definition) is 3. The van der Waals surface area contributed by atoms with Crippen LogP contribution in [0.4, 0.5) is 0 Å². The van der Waals surface area contributed by atoms with E-state index >= 15 is 0 Å². The van der Waals surface area contributed by atoms with Gasteiger partial charge in [-0.1, -0.05) is 11.1 Å². The minimum absolute atomic E-state index is 0. The summed E-state index contributed by atoms with van der Waals surface area (Å²) in [5.74, 6) is 6.96. The summed E-state index contributed by atoms with van der Waals surface area (Å²) in [5.41, 5.74) is 0. The summed E-state index contributed by atoms with van der Waals surface area (Å²) in [6.45, 7) is 4.53. The standard InChI is InChI=1S/C13H21N2O2.HI/c1-15(8-3-2-4-9-15)10-5-6-11-16-13-7-12-17-14-13;/h2-4,7-12H2,1H3;1H/q+1;/p-1.